The maximum atomic E-state index is 12.8. The molecule has 3 aromatic rings. The zero-order valence-corrected chi connectivity index (χ0v) is 21.6. The van der Waals surface area contributed by atoms with E-state index < -0.39 is 6.10 Å². The number of methoxy groups -OCH3 is 1. The Morgan fingerprint density at radius 3 is 2.72 bits per heavy atom. The van der Waals surface area contributed by atoms with Gasteiger partial charge in [-0.15, -0.1) is 0 Å². The van der Waals surface area contributed by atoms with Crippen LogP contribution >= 0.6 is 0 Å². The quantitative estimate of drug-likeness (QED) is 0.395. The molecule has 0 bridgehead atoms. The van der Waals surface area contributed by atoms with Crippen LogP contribution in [0.3, 0.4) is 0 Å². The van der Waals surface area contributed by atoms with E-state index in [1.165, 1.54) is 7.11 Å². The predicted octanol–water partition coefficient (Wildman–Crippen LogP) is 3.36. The van der Waals surface area contributed by atoms with E-state index in [0.717, 1.165) is 31.2 Å². The Bertz CT molecular complexity index is 1370. The maximum Gasteiger partial charge on any atom is 0.257 e. The molecule has 1 amide bonds. The lowest BCUT2D eigenvalue weighted by molar-refractivity contribution is 0.0254. The molecule has 2 atom stereocenters. The molecule has 1 aromatic carbocycles. The molecule has 1 aliphatic carbocycles. The summed E-state index contributed by atoms with van der Waals surface area (Å²) >= 11 is 0. The Morgan fingerprint density at radius 2 is 1.97 bits per heavy atom. The number of rotatable bonds is 8. The van der Waals surface area contributed by atoms with Crippen LogP contribution in [0.15, 0.2) is 42.6 Å². The molecule has 1 saturated heterocycles. The van der Waals surface area contributed by atoms with Crippen LogP contribution in [0.5, 0.6) is 11.6 Å². The summed E-state index contributed by atoms with van der Waals surface area (Å²) in [6.45, 7) is 1.31. The van der Waals surface area contributed by atoms with Gasteiger partial charge in [0.05, 0.1) is 43.7 Å². The van der Waals surface area contributed by atoms with Crippen LogP contribution in [0.25, 0.3) is 11.3 Å². The summed E-state index contributed by atoms with van der Waals surface area (Å²) in [6, 6.07) is 12.3. The second kappa shape index (κ2) is 12.1. The number of nitriles is 1. The summed E-state index contributed by atoms with van der Waals surface area (Å²) in [5.74, 6) is 1.00. The predicted molar refractivity (Wildman–Crippen MR) is 142 cm³/mol. The molecule has 0 spiro atoms. The number of anilines is 2. The molecule has 2 aliphatic rings. The van der Waals surface area contributed by atoms with Gasteiger partial charge in [-0.3, -0.25) is 4.79 Å². The third kappa shape index (κ3) is 6.25. The molecule has 11 nitrogen and oxygen atoms in total. The van der Waals surface area contributed by atoms with E-state index >= 15 is 0 Å². The number of benzene rings is 1. The number of aromatic nitrogens is 3. The van der Waals surface area contributed by atoms with Crippen molar-refractivity contribution in [3.63, 3.8) is 0 Å². The number of nitrogens with one attached hydrogen (secondary N) is 2. The molecule has 5 rings (SSSR count). The first-order chi connectivity index (χ1) is 19.0. The fourth-order valence-corrected chi connectivity index (χ4v) is 4.74. The first kappa shape index (κ1) is 26.3. The van der Waals surface area contributed by atoms with Gasteiger partial charge in [-0.05, 0) is 55.7 Å². The number of amides is 1. The van der Waals surface area contributed by atoms with Crippen molar-refractivity contribution in [2.24, 2.45) is 0 Å². The molecule has 3 N–H and O–H groups in total. The second-order valence-electron chi connectivity index (χ2n) is 9.47. The molecule has 1 aliphatic heterocycles. The summed E-state index contributed by atoms with van der Waals surface area (Å²) in [4.78, 5) is 26.0. The van der Waals surface area contributed by atoms with Crippen molar-refractivity contribution in [2.45, 2.75) is 50.4 Å². The maximum absolute atomic E-state index is 12.8. The number of aliphatic hydroxyl groups is 1. The van der Waals surface area contributed by atoms with Crippen molar-refractivity contribution < 1.29 is 24.1 Å². The first-order valence-electron chi connectivity index (χ1n) is 13.0. The van der Waals surface area contributed by atoms with E-state index in [1.807, 2.05) is 6.07 Å². The number of pyridine rings is 1. The third-order valence-corrected chi connectivity index (χ3v) is 6.85. The van der Waals surface area contributed by atoms with Gasteiger partial charge in [0.25, 0.3) is 5.91 Å². The smallest absolute Gasteiger partial charge is 0.257 e. The van der Waals surface area contributed by atoms with E-state index in [2.05, 4.69) is 31.7 Å². The van der Waals surface area contributed by atoms with Crippen LogP contribution in [-0.4, -0.2) is 64.5 Å². The van der Waals surface area contributed by atoms with Crippen molar-refractivity contribution in [1.29, 1.82) is 5.26 Å². The molecule has 1 saturated carbocycles. The molecule has 2 fully saturated rings. The summed E-state index contributed by atoms with van der Waals surface area (Å²) in [5.41, 5.74) is 2.05. The lowest BCUT2D eigenvalue weighted by Gasteiger charge is -2.23. The lowest BCUT2D eigenvalue weighted by atomic mass is 10.1. The van der Waals surface area contributed by atoms with Crippen LogP contribution in [0.1, 0.15) is 48.0 Å². The highest BCUT2D eigenvalue weighted by atomic mass is 16.5. The second-order valence-corrected chi connectivity index (χ2v) is 9.47. The van der Waals surface area contributed by atoms with Gasteiger partial charge in [-0.1, -0.05) is 0 Å². The number of nitrogens with zero attached hydrogens (tertiary/aromatic N) is 4. The molecule has 3 heterocycles. The number of carbonyl (C=O) groups is 1. The summed E-state index contributed by atoms with van der Waals surface area (Å²) in [7, 11) is 1.44. The summed E-state index contributed by atoms with van der Waals surface area (Å²) < 4.78 is 16.8. The Hall–Kier alpha value is -4.27. The minimum atomic E-state index is -0.543. The molecule has 1 unspecified atom stereocenters. The van der Waals surface area contributed by atoms with Crippen molar-refractivity contribution in [3.8, 4) is 29.0 Å². The monoisotopic (exact) mass is 530 g/mol. The van der Waals surface area contributed by atoms with E-state index in [4.69, 9.17) is 14.2 Å². The average Bonchev–Trinajstić information content (AvgIpc) is 3.37. The molecule has 0 radical (unpaired) electrons. The standard InChI is InChI=1S/C28H30N6O5/c1-37-27-20(26(36)31-22-3-2-4-23(22)35)6-8-25(33-27)34-28-30-12-9-21(32-28)17-5-7-24(18(15-17)16-29)39-19-10-13-38-14-11-19/h5-9,12,15,19,22-23,35H,2-4,10-11,13-14H2,1H3,(H,31,36)(H,30,32,33,34)/t22?,23-/m0/s1. The highest BCUT2D eigenvalue weighted by Gasteiger charge is 2.28. The largest absolute Gasteiger partial charge is 0.489 e. The highest BCUT2D eigenvalue weighted by Crippen LogP contribution is 2.28. The van der Waals surface area contributed by atoms with Gasteiger partial charge in [0, 0.05) is 24.6 Å². The Balaban J connectivity index is 1.30. The van der Waals surface area contributed by atoms with Gasteiger partial charge in [0.2, 0.25) is 11.8 Å². The van der Waals surface area contributed by atoms with Crippen molar-refractivity contribution >= 4 is 17.7 Å². The Morgan fingerprint density at radius 1 is 1.13 bits per heavy atom. The van der Waals surface area contributed by atoms with Crippen LogP contribution in [0.4, 0.5) is 11.8 Å². The first-order valence-corrected chi connectivity index (χ1v) is 13.0. The number of carbonyl (C=O) groups excluding carboxylic acids is 1. The van der Waals surface area contributed by atoms with Gasteiger partial charge >= 0.3 is 0 Å². The number of hydrogen-bond donors (Lipinski definition) is 3. The number of hydrogen-bond acceptors (Lipinski definition) is 10. The number of aliphatic hydroxyl groups excluding tert-OH is 1. The fourth-order valence-electron chi connectivity index (χ4n) is 4.74. The van der Waals surface area contributed by atoms with Gasteiger partial charge in [0.1, 0.15) is 29.3 Å². The van der Waals surface area contributed by atoms with E-state index in [0.29, 0.717) is 42.5 Å². The van der Waals surface area contributed by atoms with Gasteiger partial charge in [0.15, 0.2) is 0 Å². The SMILES string of the molecule is COc1nc(Nc2nccc(-c3ccc(OC4CCOCC4)c(C#N)c3)n2)ccc1C(=O)NC1CCC[C@@H]1O. The molecule has 202 valence electrons. The third-order valence-electron chi connectivity index (χ3n) is 6.85. The average molecular weight is 531 g/mol. The molecular formula is C28H30N6O5. The van der Waals surface area contributed by atoms with E-state index in [1.54, 1.807) is 36.5 Å². The zero-order valence-electron chi connectivity index (χ0n) is 21.6. The normalized spacial score (nSPS) is 19.2. The van der Waals surface area contributed by atoms with Crippen LogP contribution in [-0.2, 0) is 4.74 Å². The summed E-state index contributed by atoms with van der Waals surface area (Å²) in [6.07, 6.45) is 4.96. The van der Waals surface area contributed by atoms with Crippen LogP contribution in [0, 0.1) is 11.3 Å². The van der Waals surface area contributed by atoms with Gasteiger partial charge < -0.3 is 30.0 Å². The molecule has 11 heteroatoms. The topological polar surface area (TPSA) is 152 Å². The van der Waals surface area contributed by atoms with Crippen molar-refractivity contribution in [3.05, 3.63) is 53.7 Å². The van der Waals surface area contributed by atoms with E-state index in [-0.39, 0.29) is 35.4 Å². The lowest BCUT2D eigenvalue weighted by Crippen LogP contribution is -2.40. The zero-order chi connectivity index (χ0) is 27.2. The Labute approximate surface area is 226 Å². The minimum Gasteiger partial charge on any atom is -0.489 e. The molecule has 39 heavy (non-hydrogen) atoms. The van der Waals surface area contributed by atoms with Crippen molar-refractivity contribution in [2.75, 3.05) is 25.6 Å². The fraction of sp³-hybridized carbons (Fsp3) is 0.393. The minimum absolute atomic E-state index is 0.0304. The van der Waals surface area contributed by atoms with Crippen LogP contribution < -0.4 is 20.1 Å². The highest BCUT2D eigenvalue weighted by molar-refractivity contribution is 5.97. The van der Waals surface area contributed by atoms with Gasteiger partial charge in [-0.2, -0.15) is 10.2 Å². The summed E-state index contributed by atoms with van der Waals surface area (Å²) in [5, 5.41) is 25.6. The molecule has 2 aromatic heterocycles. The van der Waals surface area contributed by atoms with Crippen molar-refractivity contribution in [1.82, 2.24) is 20.3 Å². The number of ether oxygens (including phenoxy) is 3. The Kier molecular flexibility index (Phi) is 8.15. The van der Waals surface area contributed by atoms with Gasteiger partial charge in [-0.25, -0.2) is 9.97 Å². The molecular weight excluding hydrogens is 500 g/mol. The van der Waals surface area contributed by atoms with E-state index in [9.17, 15) is 15.2 Å². The van der Waals surface area contributed by atoms with Crippen LogP contribution in [0.2, 0.25) is 0 Å².